The van der Waals surface area contributed by atoms with E-state index in [1.165, 1.54) is 37.8 Å². The van der Waals surface area contributed by atoms with Crippen molar-refractivity contribution >= 4 is 17.3 Å². The van der Waals surface area contributed by atoms with Crippen LogP contribution in [0.25, 0.3) is 0 Å². The summed E-state index contributed by atoms with van der Waals surface area (Å²) in [4.78, 5) is 14.7. The van der Waals surface area contributed by atoms with Gasteiger partial charge in [0.25, 0.3) is 5.69 Å². The van der Waals surface area contributed by atoms with Gasteiger partial charge in [-0.1, -0.05) is 39.5 Å². The molecule has 118 valence electrons. The highest BCUT2D eigenvalue weighted by Crippen LogP contribution is 2.20. The molecule has 0 saturated heterocycles. The minimum Gasteiger partial charge on any atom is -0.373 e. The van der Waals surface area contributed by atoms with Crippen molar-refractivity contribution in [2.75, 3.05) is 24.2 Å². The third-order valence-corrected chi connectivity index (χ3v) is 3.29. The van der Waals surface area contributed by atoms with Crippen LogP contribution < -0.4 is 10.6 Å². The van der Waals surface area contributed by atoms with Gasteiger partial charge in [0.1, 0.15) is 11.6 Å². The van der Waals surface area contributed by atoms with E-state index in [0.717, 1.165) is 18.9 Å². The van der Waals surface area contributed by atoms with Gasteiger partial charge in [0.15, 0.2) is 0 Å². The minimum absolute atomic E-state index is 0.0498. The Kier molecular flexibility index (Phi) is 7.50. The van der Waals surface area contributed by atoms with Crippen molar-refractivity contribution in [2.24, 2.45) is 5.92 Å². The van der Waals surface area contributed by atoms with Crippen LogP contribution in [-0.4, -0.2) is 23.5 Å². The maximum Gasteiger partial charge on any atom is 0.276 e. The summed E-state index contributed by atoms with van der Waals surface area (Å²) < 4.78 is 0. The smallest absolute Gasteiger partial charge is 0.276 e. The van der Waals surface area contributed by atoms with Crippen LogP contribution in [0.4, 0.5) is 17.3 Å². The standard InChI is InChI=1S/C15H26N4O2/c1-12(2)8-6-4-5-7-9-17-15-11-13(19(20)21)10-14(16-3)18-15/h10-12H,4-9H2,1-3H3,(H2,16,17,18). The van der Waals surface area contributed by atoms with Crippen molar-refractivity contribution in [1.82, 2.24) is 4.98 Å². The van der Waals surface area contributed by atoms with Gasteiger partial charge in [-0.3, -0.25) is 10.1 Å². The third kappa shape index (κ3) is 6.92. The van der Waals surface area contributed by atoms with Crippen LogP contribution in [0.1, 0.15) is 46.0 Å². The molecular formula is C15H26N4O2. The number of hydrogen-bond donors (Lipinski definition) is 2. The Hall–Kier alpha value is -1.85. The van der Waals surface area contributed by atoms with E-state index < -0.39 is 4.92 Å². The fourth-order valence-electron chi connectivity index (χ4n) is 2.09. The molecule has 0 unspecified atom stereocenters. The monoisotopic (exact) mass is 294 g/mol. The number of nitro groups is 1. The van der Waals surface area contributed by atoms with E-state index in [9.17, 15) is 10.1 Å². The van der Waals surface area contributed by atoms with Gasteiger partial charge in [0.05, 0.1) is 17.1 Å². The summed E-state index contributed by atoms with van der Waals surface area (Å²) in [7, 11) is 1.70. The summed E-state index contributed by atoms with van der Waals surface area (Å²) in [5, 5.41) is 16.8. The van der Waals surface area contributed by atoms with Crippen LogP contribution in [0.2, 0.25) is 0 Å². The van der Waals surface area contributed by atoms with Gasteiger partial charge in [0, 0.05) is 13.6 Å². The molecule has 0 aromatic carbocycles. The number of aromatic nitrogens is 1. The van der Waals surface area contributed by atoms with Gasteiger partial charge in [-0.25, -0.2) is 4.98 Å². The second kappa shape index (κ2) is 9.15. The SMILES string of the molecule is CNc1cc([N+](=O)[O-])cc(NCCCCCCC(C)C)n1. The zero-order chi connectivity index (χ0) is 15.7. The van der Waals surface area contributed by atoms with E-state index in [1.54, 1.807) is 7.05 Å². The van der Waals surface area contributed by atoms with Gasteiger partial charge in [-0.15, -0.1) is 0 Å². The molecule has 1 rings (SSSR count). The van der Waals surface area contributed by atoms with Crippen LogP contribution in [0.15, 0.2) is 12.1 Å². The summed E-state index contributed by atoms with van der Waals surface area (Å²) in [5.74, 6) is 1.83. The zero-order valence-corrected chi connectivity index (χ0v) is 13.2. The predicted molar refractivity (Wildman–Crippen MR) is 86.9 cm³/mol. The molecule has 0 atom stereocenters. The third-order valence-electron chi connectivity index (χ3n) is 3.29. The number of hydrogen-bond acceptors (Lipinski definition) is 5. The first-order chi connectivity index (χ1) is 10.0. The first-order valence-corrected chi connectivity index (χ1v) is 7.61. The maximum atomic E-state index is 10.8. The van der Waals surface area contributed by atoms with Gasteiger partial charge in [-0.05, 0) is 12.3 Å². The topological polar surface area (TPSA) is 80.1 Å². The lowest BCUT2D eigenvalue weighted by Gasteiger charge is -2.08. The van der Waals surface area contributed by atoms with E-state index in [-0.39, 0.29) is 5.69 Å². The molecule has 0 aliphatic heterocycles. The van der Waals surface area contributed by atoms with Crippen molar-refractivity contribution in [1.29, 1.82) is 0 Å². The van der Waals surface area contributed by atoms with Crippen molar-refractivity contribution < 1.29 is 4.92 Å². The Balaban J connectivity index is 2.34. The molecule has 2 N–H and O–H groups in total. The Morgan fingerprint density at radius 3 is 2.48 bits per heavy atom. The van der Waals surface area contributed by atoms with Crippen LogP contribution in [0.5, 0.6) is 0 Å². The van der Waals surface area contributed by atoms with Crippen molar-refractivity contribution in [3.63, 3.8) is 0 Å². The molecule has 1 aromatic heterocycles. The Labute approximate surface area is 126 Å². The first-order valence-electron chi connectivity index (χ1n) is 7.61. The maximum absolute atomic E-state index is 10.8. The summed E-state index contributed by atoms with van der Waals surface area (Å²) in [6, 6.07) is 2.90. The molecule has 0 aliphatic carbocycles. The number of anilines is 2. The van der Waals surface area contributed by atoms with Crippen molar-refractivity contribution in [3.8, 4) is 0 Å². The predicted octanol–water partition coefficient (Wildman–Crippen LogP) is 4.05. The number of nitrogens with zero attached hydrogens (tertiary/aromatic N) is 2. The fraction of sp³-hybridized carbons (Fsp3) is 0.667. The van der Waals surface area contributed by atoms with E-state index in [0.29, 0.717) is 11.6 Å². The number of rotatable bonds is 10. The Morgan fingerprint density at radius 2 is 1.86 bits per heavy atom. The molecule has 1 heterocycles. The van der Waals surface area contributed by atoms with Crippen LogP contribution in [-0.2, 0) is 0 Å². The number of nitrogens with one attached hydrogen (secondary N) is 2. The Bertz CT molecular complexity index is 449. The van der Waals surface area contributed by atoms with Crippen molar-refractivity contribution in [3.05, 3.63) is 22.2 Å². The molecular weight excluding hydrogens is 268 g/mol. The molecule has 0 fully saturated rings. The van der Waals surface area contributed by atoms with Crippen LogP contribution in [0, 0.1) is 16.0 Å². The second-order valence-corrected chi connectivity index (χ2v) is 5.63. The van der Waals surface area contributed by atoms with Crippen molar-refractivity contribution in [2.45, 2.75) is 46.0 Å². The average Bonchev–Trinajstić information content (AvgIpc) is 2.45. The first kappa shape index (κ1) is 17.2. The zero-order valence-electron chi connectivity index (χ0n) is 13.2. The molecule has 0 aliphatic rings. The quantitative estimate of drug-likeness (QED) is 0.386. The van der Waals surface area contributed by atoms with Gasteiger partial charge in [-0.2, -0.15) is 0 Å². The fourth-order valence-corrected chi connectivity index (χ4v) is 2.09. The summed E-state index contributed by atoms with van der Waals surface area (Å²) in [5.41, 5.74) is 0.0498. The van der Waals surface area contributed by atoms with E-state index in [4.69, 9.17) is 0 Å². The Morgan fingerprint density at radius 1 is 1.19 bits per heavy atom. The normalized spacial score (nSPS) is 10.7. The minimum atomic E-state index is -0.403. The van der Waals surface area contributed by atoms with E-state index in [1.807, 2.05) is 0 Å². The highest BCUT2D eigenvalue weighted by Gasteiger charge is 2.10. The second-order valence-electron chi connectivity index (χ2n) is 5.63. The van der Waals surface area contributed by atoms with Gasteiger partial charge >= 0.3 is 0 Å². The van der Waals surface area contributed by atoms with Crippen LogP contribution in [0.3, 0.4) is 0 Å². The highest BCUT2D eigenvalue weighted by atomic mass is 16.6. The summed E-state index contributed by atoms with van der Waals surface area (Å²) >= 11 is 0. The molecule has 0 bridgehead atoms. The van der Waals surface area contributed by atoms with E-state index in [2.05, 4.69) is 29.5 Å². The molecule has 21 heavy (non-hydrogen) atoms. The molecule has 6 heteroatoms. The van der Waals surface area contributed by atoms with Crippen LogP contribution >= 0.6 is 0 Å². The lowest BCUT2D eigenvalue weighted by molar-refractivity contribution is -0.384. The van der Waals surface area contributed by atoms with Gasteiger partial charge in [0.2, 0.25) is 0 Å². The molecule has 0 spiro atoms. The summed E-state index contributed by atoms with van der Waals surface area (Å²) in [6.45, 7) is 5.28. The summed E-state index contributed by atoms with van der Waals surface area (Å²) in [6.07, 6.45) is 6.02. The lowest BCUT2D eigenvalue weighted by Crippen LogP contribution is -2.05. The van der Waals surface area contributed by atoms with Gasteiger partial charge < -0.3 is 10.6 Å². The largest absolute Gasteiger partial charge is 0.373 e. The molecule has 0 saturated carbocycles. The number of unbranched alkanes of at least 4 members (excludes halogenated alkanes) is 3. The molecule has 6 nitrogen and oxygen atoms in total. The lowest BCUT2D eigenvalue weighted by atomic mass is 10.0. The average molecular weight is 294 g/mol. The number of pyridine rings is 1. The highest BCUT2D eigenvalue weighted by molar-refractivity contribution is 5.54. The molecule has 0 amide bonds. The van der Waals surface area contributed by atoms with E-state index >= 15 is 0 Å². The molecule has 1 aromatic rings. The molecule has 0 radical (unpaired) electrons.